The fourth-order valence-corrected chi connectivity index (χ4v) is 4.35. The van der Waals surface area contributed by atoms with Crippen molar-refractivity contribution in [2.75, 3.05) is 11.5 Å². The van der Waals surface area contributed by atoms with Gasteiger partial charge in [0.05, 0.1) is 0 Å². The summed E-state index contributed by atoms with van der Waals surface area (Å²) < 4.78 is 27.3. The van der Waals surface area contributed by atoms with E-state index in [-0.39, 0.29) is 10.9 Å². The van der Waals surface area contributed by atoms with E-state index in [1.807, 2.05) is 11.8 Å². The quantitative estimate of drug-likeness (QED) is 0.792. The monoisotopic (exact) mass is 328 g/mol. The second kappa shape index (κ2) is 7.06. The highest BCUT2D eigenvalue weighted by Gasteiger charge is 2.22. The topological polar surface area (TPSA) is 96.4 Å². The molecule has 1 aliphatic rings. The number of aromatic nitrogens is 1. The van der Waals surface area contributed by atoms with Crippen LogP contribution in [0.2, 0.25) is 0 Å². The molecule has 2 rings (SSSR count). The van der Waals surface area contributed by atoms with Crippen LogP contribution in [-0.4, -0.2) is 42.0 Å². The summed E-state index contributed by atoms with van der Waals surface area (Å²) in [5.41, 5.74) is 0.430. The number of thioether (sulfide) groups is 1. The van der Waals surface area contributed by atoms with Crippen molar-refractivity contribution >= 4 is 33.8 Å². The smallest absolute Gasteiger partial charge is 0.328 e. The lowest BCUT2D eigenvalue weighted by atomic mass is 10.2. The molecule has 0 unspecified atom stereocenters. The third-order valence-electron chi connectivity index (χ3n) is 3.01. The second-order valence-corrected chi connectivity index (χ2v) is 7.57. The number of sulfonamides is 1. The Morgan fingerprint density at radius 1 is 1.38 bits per heavy atom. The van der Waals surface area contributed by atoms with Crippen molar-refractivity contribution in [2.24, 2.45) is 0 Å². The van der Waals surface area contributed by atoms with Crippen LogP contribution in [0, 0.1) is 0 Å². The van der Waals surface area contributed by atoms with E-state index in [2.05, 4.69) is 9.71 Å². The molecule has 1 aliphatic heterocycles. The highest BCUT2D eigenvalue weighted by Crippen LogP contribution is 2.19. The van der Waals surface area contributed by atoms with Gasteiger partial charge in [-0.3, -0.25) is 4.98 Å². The molecule has 1 fully saturated rings. The SMILES string of the molecule is O=C(O)/C=C/c1cncc(S(=O)(=O)NC2CCSCC2)c1. The molecule has 0 radical (unpaired) electrons. The molecule has 6 nitrogen and oxygen atoms in total. The highest BCUT2D eigenvalue weighted by molar-refractivity contribution is 7.99. The van der Waals surface area contributed by atoms with Crippen molar-refractivity contribution in [3.63, 3.8) is 0 Å². The Labute approximate surface area is 127 Å². The van der Waals surface area contributed by atoms with Gasteiger partial charge < -0.3 is 5.11 Å². The molecule has 114 valence electrons. The highest BCUT2D eigenvalue weighted by atomic mass is 32.2. The van der Waals surface area contributed by atoms with E-state index in [1.54, 1.807) is 0 Å². The molecule has 1 aromatic rings. The molecule has 2 heterocycles. The fraction of sp³-hybridized carbons (Fsp3) is 0.385. The molecule has 0 saturated carbocycles. The van der Waals surface area contributed by atoms with Gasteiger partial charge in [0.15, 0.2) is 0 Å². The predicted molar refractivity (Wildman–Crippen MR) is 81.6 cm³/mol. The lowest BCUT2D eigenvalue weighted by Gasteiger charge is -2.22. The fourth-order valence-electron chi connectivity index (χ4n) is 1.94. The summed E-state index contributed by atoms with van der Waals surface area (Å²) in [6, 6.07) is 1.36. The van der Waals surface area contributed by atoms with E-state index in [1.165, 1.54) is 24.5 Å². The first-order valence-corrected chi connectivity index (χ1v) is 9.07. The molecule has 0 spiro atoms. The maximum Gasteiger partial charge on any atom is 0.328 e. The number of aliphatic carboxylic acids is 1. The summed E-state index contributed by atoms with van der Waals surface area (Å²) in [7, 11) is -3.62. The summed E-state index contributed by atoms with van der Waals surface area (Å²) in [5.74, 6) is 0.806. The molecule has 1 saturated heterocycles. The zero-order valence-electron chi connectivity index (χ0n) is 11.2. The van der Waals surface area contributed by atoms with Gasteiger partial charge in [0.1, 0.15) is 4.90 Å². The number of carboxylic acid groups (broad SMARTS) is 1. The van der Waals surface area contributed by atoms with Crippen molar-refractivity contribution < 1.29 is 18.3 Å². The Hall–Kier alpha value is -1.38. The van der Waals surface area contributed by atoms with Crippen molar-refractivity contribution in [3.8, 4) is 0 Å². The third-order valence-corrected chi connectivity index (χ3v) is 5.54. The average Bonchev–Trinajstić information content (AvgIpc) is 2.46. The zero-order chi connectivity index (χ0) is 15.3. The number of carbonyl (C=O) groups is 1. The minimum absolute atomic E-state index is 0.0468. The van der Waals surface area contributed by atoms with Gasteiger partial charge >= 0.3 is 5.97 Å². The molecule has 0 bridgehead atoms. The van der Waals surface area contributed by atoms with Crippen LogP contribution in [0.3, 0.4) is 0 Å². The van der Waals surface area contributed by atoms with Crippen molar-refractivity contribution in [2.45, 2.75) is 23.8 Å². The molecule has 0 aliphatic carbocycles. The number of hydrogen-bond donors (Lipinski definition) is 2. The first kappa shape index (κ1) is 16.0. The van der Waals surface area contributed by atoms with Gasteiger partial charge in [0.2, 0.25) is 10.0 Å². The Bertz CT molecular complexity index is 637. The Morgan fingerprint density at radius 3 is 2.76 bits per heavy atom. The predicted octanol–water partition coefficient (Wildman–Crippen LogP) is 1.35. The van der Waals surface area contributed by atoms with Crippen LogP contribution in [0.25, 0.3) is 6.08 Å². The zero-order valence-corrected chi connectivity index (χ0v) is 12.9. The summed E-state index contributed by atoms with van der Waals surface area (Å²) in [6.07, 6.45) is 6.56. The Kier molecular flexibility index (Phi) is 5.38. The molecule has 21 heavy (non-hydrogen) atoms. The number of pyridine rings is 1. The van der Waals surface area contributed by atoms with E-state index >= 15 is 0 Å². The van der Waals surface area contributed by atoms with Crippen LogP contribution in [0.1, 0.15) is 18.4 Å². The molecule has 8 heteroatoms. The maximum atomic E-state index is 12.3. The molecule has 0 amide bonds. The number of nitrogens with zero attached hydrogens (tertiary/aromatic N) is 1. The molecule has 0 atom stereocenters. The van der Waals surface area contributed by atoms with Crippen LogP contribution in [-0.2, 0) is 14.8 Å². The number of carboxylic acids is 1. The minimum atomic E-state index is -3.62. The number of rotatable bonds is 5. The second-order valence-electron chi connectivity index (χ2n) is 4.63. The molecule has 0 aromatic carbocycles. The Morgan fingerprint density at radius 2 is 2.10 bits per heavy atom. The maximum absolute atomic E-state index is 12.3. The standard InChI is InChI=1S/C13H16N2O4S2/c16-13(17)2-1-10-7-12(9-14-8-10)21(18,19)15-11-3-5-20-6-4-11/h1-2,7-9,11,15H,3-6H2,(H,16,17)/b2-1+. The van der Waals surface area contributed by atoms with E-state index in [9.17, 15) is 13.2 Å². The van der Waals surface area contributed by atoms with Crippen LogP contribution >= 0.6 is 11.8 Å². The van der Waals surface area contributed by atoms with E-state index < -0.39 is 16.0 Å². The summed E-state index contributed by atoms with van der Waals surface area (Å²) in [5, 5.41) is 8.58. The van der Waals surface area contributed by atoms with Crippen LogP contribution in [0.5, 0.6) is 0 Å². The molecule has 1 aromatic heterocycles. The van der Waals surface area contributed by atoms with Crippen LogP contribution < -0.4 is 4.72 Å². The minimum Gasteiger partial charge on any atom is -0.478 e. The largest absolute Gasteiger partial charge is 0.478 e. The van der Waals surface area contributed by atoms with Crippen molar-refractivity contribution in [1.82, 2.24) is 9.71 Å². The average molecular weight is 328 g/mol. The van der Waals surface area contributed by atoms with Crippen molar-refractivity contribution in [1.29, 1.82) is 0 Å². The summed E-state index contributed by atoms with van der Waals surface area (Å²) in [4.78, 5) is 14.4. The Balaban J connectivity index is 2.15. The lowest BCUT2D eigenvalue weighted by molar-refractivity contribution is -0.131. The number of hydrogen-bond acceptors (Lipinski definition) is 5. The third kappa shape index (κ3) is 4.83. The molecule has 2 N–H and O–H groups in total. The number of nitrogens with one attached hydrogen (secondary N) is 1. The van der Waals surface area contributed by atoms with Gasteiger partial charge in [-0.2, -0.15) is 11.8 Å². The van der Waals surface area contributed by atoms with Gasteiger partial charge in [-0.15, -0.1) is 0 Å². The van der Waals surface area contributed by atoms with Gasteiger partial charge in [-0.05, 0) is 42.1 Å². The van der Waals surface area contributed by atoms with E-state index in [0.717, 1.165) is 30.4 Å². The summed E-state index contributed by atoms with van der Waals surface area (Å²) >= 11 is 1.82. The summed E-state index contributed by atoms with van der Waals surface area (Å²) in [6.45, 7) is 0. The molecular formula is C13H16N2O4S2. The van der Waals surface area contributed by atoms with Crippen LogP contribution in [0.4, 0.5) is 0 Å². The van der Waals surface area contributed by atoms with Gasteiger partial charge in [0, 0.05) is 24.5 Å². The van der Waals surface area contributed by atoms with Crippen molar-refractivity contribution in [3.05, 3.63) is 30.1 Å². The first-order chi connectivity index (χ1) is 9.97. The molecular weight excluding hydrogens is 312 g/mol. The lowest BCUT2D eigenvalue weighted by Crippen LogP contribution is -2.37. The van der Waals surface area contributed by atoms with E-state index in [0.29, 0.717) is 5.56 Å². The van der Waals surface area contributed by atoms with E-state index in [4.69, 9.17) is 5.11 Å². The normalized spacial score (nSPS) is 17.1. The first-order valence-electron chi connectivity index (χ1n) is 6.43. The van der Waals surface area contributed by atoms with Crippen LogP contribution in [0.15, 0.2) is 29.4 Å². The van der Waals surface area contributed by atoms with Gasteiger partial charge in [-0.25, -0.2) is 17.9 Å². The van der Waals surface area contributed by atoms with Gasteiger partial charge in [0.25, 0.3) is 0 Å². The van der Waals surface area contributed by atoms with Gasteiger partial charge in [-0.1, -0.05) is 0 Å².